The molecule has 0 aromatic carbocycles. The van der Waals surface area contributed by atoms with Crippen molar-refractivity contribution in [2.24, 2.45) is 52.8 Å². The first kappa shape index (κ1) is 30.5. The maximum Gasteiger partial charge on any atom is 0.506 e. The zero-order chi connectivity index (χ0) is 29.6. The molecule has 41 heavy (non-hydrogen) atoms. The Morgan fingerprint density at radius 3 is 2.54 bits per heavy atom. The second-order valence-electron chi connectivity index (χ2n) is 14.1. The van der Waals surface area contributed by atoms with Crippen LogP contribution in [0.25, 0.3) is 0 Å². The van der Waals surface area contributed by atoms with Crippen LogP contribution in [0.3, 0.4) is 0 Å². The highest BCUT2D eigenvalue weighted by atomic mass is 16.7. The van der Waals surface area contributed by atoms with Crippen LogP contribution in [0.4, 0.5) is 4.79 Å². The van der Waals surface area contributed by atoms with Gasteiger partial charge >= 0.3 is 12.1 Å². The van der Waals surface area contributed by atoms with E-state index in [2.05, 4.69) is 25.7 Å². The van der Waals surface area contributed by atoms with Crippen LogP contribution in [0.1, 0.15) is 65.7 Å². The number of carbonyl (C=O) groups excluding carboxylic acids is 1. The number of aliphatic carboxylic acids is 1. The minimum absolute atomic E-state index is 0.000864. The Balaban J connectivity index is 1.48. The summed E-state index contributed by atoms with van der Waals surface area (Å²) in [6, 6.07) is 0.205. The molecule has 2 N–H and O–H groups in total. The smallest absolute Gasteiger partial charge is 0.481 e. The summed E-state index contributed by atoms with van der Waals surface area (Å²) in [5.41, 5.74) is 0.569. The third-order valence-corrected chi connectivity index (χ3v) is 11.4. The van der Waals surface area contributed by atoms with Gasteiger partial charge in [-0.05, 0) is 94.7 Å². The SMILES string of the molecule is CCC(CO[C@@H]1C2COC[C@@]3(C[C@H]1OC(=O)O)C1=CC(=O)C4C(CCC(CC(C)C)[C@H]4C(=O)O)C1CCC23)N(C)C. The Morgan fingerprint density at radius 1 is 1.15 bits per heavy atom. The van der Waals surface area contributed by atoms with E-state index in [4.69, 9.17) is 14.2 Å². The molecular formula is C32H49NO8. The fourth-order valence-electron chi connectivity index (χ4n) is 9.74. The highest BCUT2D eigenvalue weighted by molar-refractivity contribution is 5.97. The number of ketones is 1. The molecule has 0 amide bonds. The average Bonchev–Trinajstić information content (AvgIpc) is 2.89. The van der Waals surface area contributed by atoms with Crippen molar-refractivity contribution >= 4 is 17.9 Å². The highest BCUT2D eigenvalue weighted by Crippen LogP contribution is 2.64. The van der Waals surface area contributed by atoms with Gasteiger partial charge in [0.15, 0.2) is 5.78 Å². The number of likely N-dealkylation sites (N-methyl/N-ethyl adjacent to an activating group) is 1. The van der Waals surface area contributed by atoms with E-state index >= 15 is 0 Å². The molecule has 5 rings (SSSR count). The summed E-state index contributed by atoms with van der Waals surface area (Å²) in [4.78, 5) is 40.5. The van der Waals surface area contributed by atoms with Crippen molar-refractivity contribution in [3.63, 3.8) is 0 Å². The van der Waals surface area contributed by atoms with E-state index in [9.17, 15) is 24.6 Å². The van der Waals surface area contributed by atoms with Gasteiger partial charge in [-0.15, -0.1) is 0 Å². The Morgan fingerprint density at radius 2 is 1.90 bits per heavy atom. The molecule has 3 saturated carbocycles. The fraction of sp³-hybridized carbons (Fsp3) is 0.844. The minimum Gasteiger partial charge on any atom is -0.481 e. The predicted molar refractivity (Wildman–Crippen MR) is 151 cm³/mol. The minimum atomic E-state index is -1.31. The molecule has 2 bridgehead atoms. The van der Waals surface area contributed by atoms with Gasteiger partial charge in [0.2, 0.25) is 0 Å². The molecular weight excluding hydrogens is 526 g/mol. The van der Waals surface area contributed by atoms with Gasteiger partial charge in [-0.1, -0.05) is 26.3 Å². The van der Waals surface area contributed by atoms with Crippen LogP contribution in [0.2, 0.25) is 0 Å². The number of nitrogens with zero attached hydrogens (tertiary/aromatic N) is 1. The van der Waals surface area contributed by atoms with Gasteiger partial charge < -0.3 is 29.3 Å². The van der Waals surface area contributed by atoms with Crippen molar-refractivity contribution in [3.8, 4) is 0 Å². The van der Waals surface area contributed by atoms with Crippen LogP contribution in [0.15, 0.2) is 11.6 Å². The molecule has 11 atom stereocenters. The van der Waals surface area contributed by atoms with Gasteiger partial charge in [0.05, 0.1) is 31.8 Å². The second kappa shape index (κ2) is 12.0. The predicted octanol–water partition coefficient (Wildman–Crippen LogP) is 4.74. The summed E-state index contributed by atoms with van der Waals surface area (Å²) in [7, 11) is 4.04. The Bertz CT molecular complexity index is 1040. The lowest BCUT2D eigenvalue weighted by atomic mass is 9.45. The Kier molecular flexibility index (Phi) is 8.89. The van der Waals surface area contributed by atoms with Crippen molar-refractivity contribution < 1.29 is 38.8 Å². The molecule has 9 heteroatoms. The van der Waals surface area contributed by atoms with E-state index in [1.54, 1.807) is 6.08 Å². The quantitative estimate of drug-likeness (QED) is 0.376. The number of carbonyl (C=O) groups is 3. The molecule has 9 nitrogen and oxygen atoms in total. The molecule has 0 spiro atoms. The Hall–Kier alpha value is -1.97. The number of carboxylic acid groups (broad SMARTS) is 2. The summed E-state index contributed by atoms with van der Waals surface area (Å²) in [6.07, 6.45) is 5.08. The zero-order valence-corrected chi connectivity index (χ0v) is 25.3. The molecule has 0 aromatic rings. The normalized spacial score (nSPS) is 40.7. The second-order valence-corrected chi connectivity index (χ2v) is 14.1. The number of carboxylic acids is 1. The zero-order valence-electron chi connectivity index (χ0n) is 25.3. The summed E-state index contributed by atoms with van der Waals surface area (Å²) in [5, 5.41) is 20.0. The first-order valence-electron chi connectivity index (χ1n) is 15.7. The molecule has 1 heterocycles. The van der Waals surface area contributed by atoms with E-state index in [0.29, 0.717) is 32.2 Å². The van der Waals surface area contributed by atoms with E-state index < -0.39 is 41.6 Å². The molecule has 230 valence electrons. The van der Waals surface area contributed by atoms with Gasteiger partial charge in [0.25, 0.3) is 0 Å². The molecule has 7 unspecified atom stereocenters. The number of fused-ring (bicyclic) bond motifs is 3. The Labute approximate surface area is 244 Å². The number of hydrogen-bond acceptors (Lipinski definition) is 7. The maximum atomic E-state index is 13.9. The van der Waals surface area contributed by atoms with Crippen LogP contribution in [-0.2, 0) is 23.8 Å². The molecule has 0 aromatic heterocycles. The van der Waals surface area contributed by atoms with Crippen LogP contribution in [0, 0.1) is 52.8 Å². The van der Waals surface area contributed by atoms with Crippen LogP contribution in [-0.4, -0.2) is 85.2 Å². The van der Waals surface area contributed by atoms with Crippen molar-refractivity contribution in [2.45, 2.75) is 84.0 Å². The van der Waals surface area contributed by atoms with Crippen molar-refractivity contribution in [2.75, 3.05) is 33.9 Å². The lowest BCUT2D eigenvalue weighted by molar-refractivity contribution is -0.219. The third-order valence-electron chi connectivity index (χ3n) is 11.4. The third kappa shape index (κ3) is 5.47. The first-order valence-corrected chi connectivity index (χ1v) is 15.7. The summed E-state index contributed by atoms with van der Waals surface area (Å²) >= 11 is 0. The van der Waals surface area contributed by atoms with E-state index in [-0.39, 0.29) is 41.4 Å². The molecule has 4 aliphatic carbocycles. The lowest BCUT2D eigenvalue weighted by Gasteiger charge is -2.62. The van der Waals surface area contributed by atoms with Crippen LogP contribution >= 0.6 is 0 Å². The van der Waals surface area contributed by atoms with Gasteiger partial charge in [0, 0.05) is 23.3 Å². The van der Waals surface area contributed by atoms with Crippen LogP contribution < -0.4 is 0 Å². The molecule has 1 saturated heterocycles. The van der Waals surface area contributed by atoms with Gasteiger partial charge in [0.1, 0.15) is 6.10 Å². The van der Waals surface area contributed by atoms with Crippen molar-refractivity contribution in [3.05, 3.63) is 11.6 Å². The molecule has 1 aliphatic heterocycles. The van der Waals surface area contributed by atoms with Crippen LogP contribution in [0.5, 0.6) is 0 Å². The van der Waals surface area contributed by atoms with Crippen molar-refractivity contribution in [1.29, 1.82) is 0 Å². The van der Waals surface area contributed by atoms with Gasteiger partial charge in [-0.2, -0.15) is 0 Å². The molecule has 0 radical (unpaired) electrons. The summed E-state index contributed by atoms with van der Waals surface area (Å²) in [5.74, 6) is -1.39. The standard InChI is InChI=1S/C32H49NO8/c1-6-19(33(4)5)14-40-29-22-15-39-16-32(13-26(29)41-31(37)38)23(22)10-9-20-21-8-7-18(11-17(2)3)27(30(35)36)28(21)25(34)12-24(20)32/h12,17-23,26-29H,6-11,13-16H2,1-5H3,(H,35,36)(H,37,38)/t18?,19?,20?,21?,22?,23?,26-,27-,28?,29-,32-/m1/s1. The topological polar surface area (TPSA) is 123 Å². The first-order chi connectivity index (χ1) is 19.5. The summed E-state index contributed by atoms with van der Waals surface area (Å²) < 4.78 is 18.3. The summed E-state index contributed by atoms with van der Waals surface area (Å²) in [6.45, 7) is 7.73. The van der Waals surface area contributed by atoms with Gasteiger partial charge in [-0.25, -0.2) is 4.79 Å². The number of ether oxygens (including phenoxy) is 3. The number of hydrogen-bond donors (Lipinski definition) is 2. The van der Waals surface area contributed by atoms with E-state index in [0.717, 1.165) is 44.1 Å². The maximum absolute atomic E-state index is 13.9. The molecule has 5 aliphatic rings. The average molecular weight is 576 g/mol. The number of rotatable bonds is 9. The van der Waals surface area contributed by atoms with E-state index in [1.807, 2.05) is 14.1 Å². The largest absolute Gasteiger partial charge is 0.506 e. The lowest BCUT2D eigenvalue weighted by Crippen LogP contribution is -2.64. The number of allylic oxidation sites excluding steroid dienone is 1. The molecule has 4 fully saturated rings. The van der Waals surface area contributed by atoms with Gasteiger partial charge in [-0.3, -0.25) is 9.59 Å². The van der Waals surface area contributed by atoms with E-state index in [1.165, 1.54) is 0 Å². The van der Waals surface area contributed by atoms with Crippen molar-refractivity contribution in [1.82, 2.24) is 4.90 Å². The highest BCUT2D eigenvalue weighted by Gasteiger charge is 2.64. The monoisotopic (exact) mass is 575 g/mol. The fourth-order valence-corrected chi connectivity index (χ4v) is 9.74.